The minimum atomic E-state index is -1.49. The number of benzene rings is 1. The van der Waals surface area contributed by atoms with E-state index in [9.17, 15) is 24.8 Å². The number of nitrogens with one attached hydrogen (secondary N) is 3. The lowest BCUT2D eigenvalue weighted by Gasteiger charge is -2.24. The summed E-state index contributed by atoms with van der Waals surface area (Å²) in [4.78, 5) is 34.5. The Balaban J connectivity index is 2.57. The Hall–Kier alpha value is -3.25. The van der Waals surface area contributed by atoms with Crippen molar-refractivity contribution in [1.29, 1.82) is 0 Å². The van der Waals surface area contributed by atoms with E-state index in [0.717, 1.165) is 5.56 Å². The summed E-state index contributed by atoms with van der Waals surface area (Å²) >= 11 is 0. The van der Waals surface area contributed by atoms with Gasteiger partial charge in [0.05, 0.1) is 12.1 Å². The molecule has 12 nitrogen and oxygen atoms in total. The highest BCUT2D eigenvalue weighted by atomic mass is 16.7. The number of hydrogen-bond donors (Lipinski definition) is 6. The molecule has 30 heavy (non-hydrogen) atoms. The average molecular weight is 423 g/mol. The zero-order valence-electron chi connectivity index (χ0n) is 16.8. The minimum Gasteiger partial charge on any atom is -0.381 e. The van der Waals surface area contributed by atoms with E-state index in [4.69, 9.17) is 11.5 Å². The van der Waals surface area contributed by atoms with E-state index in [2.05, 4.69) is 21.1 Å². The van der Waals surface area contributed by atoms with Gasteiger partial charge >= 0.3 is 0 Å². The fourth-order valence-corrected chi connectivity index (χ4v) is 2.55. The number of guanidine groups is 1. The van der Waals surface area contributed by atoms with Crippen molar-refractivity contribution in [2.75, 3.05) is 13.1 Å². The molecule has 0 saturated heterocycles. The van der Waals surface area contributed by atoms with Crippen LogP contribution in [0.2, 0.25) is 0 Å². The molecular formula is C18H29N7O5. The molecule has 0 heterocycles. The van der Waals surface area contributed by atoms with Gasteiger partial charge in [0.1, 0.15) is 5.10 Å². The van der Waals surface area contributed by atoms with Gasteiger partial charge in [-0.1, -0.05) is 30.3 Å². The molecule has 0 aliphatic carbocycles. The molecule has 0 aromatic heterocycles. The van der Waals surface area contributed by atoms with Crippen LogP contribution in [0.4, 0.5) is 0 Å². The van der Waals surface area contributed by atoms with Gasteiger partial charge < -0.3 is 32.5 Å². The van der Waals surface area contributed by atoms with Gasteiger partial charge in [-0.25, -0.2) is 10.1 Å². The number of nitrogens with two attached hydrogens (primary N) is 2. The van der Waals surface area contributed by atoms with E-state index in [-0.39, 0.29) is 18.9 Å². The molecule has 0 aliphatic rings. The highest BCUT2D eigenvalue weighted by Crippen LogP contribution is 2.05. The maximum Gasteiger partial charge on any atom is 0.266 e. The third-order valence-electron chi connectivity index (χ3n) is 4.13. The Bertz CT molecular complexity index is 727. The van der Waals surface area contributed by atoms with Crippen LogP contribution in [0, 0.1) is 10.1 Å². The summed E-state index contributed by atoms with van der Waals surface area (Å²) in [6, 6.07) is 7.82. The molecule has 0 radical (unpaired) electrons. The van der Waals surface area contributed by atoms with Crippen molar-refractivity contribution in [2.45, 2.75) is 44.4 Å². The highest BCUT2D eigenvalue weighted by molar-refractivity contribution is 5.84. The molecule has 8 N–H and O–H groups in total. The van der Waals surface area contributed by atoms with Crippen LogP contribution in [-0.2, 0) is 16.0 Å². The van der Waals surface area contributed by atoms with Crippen LogP contribution in [0.5, 0.6) is 0 Å². The summed E-state index contributed by atoms with van der Waals surface area (Å²) in [6.45, 7) is 1.99. The van der Waals surface area contributed by atoms with Crippen molar-refractivity contribution < 1.29 is 19.7 Å². The number of hydrazone groups is 1. The second-order valence-corrected chi connectivity index (χ2v) is 6.67. The molecule has 0 bridgehead atoms. The lowest BCUT2D eigenvalue weighted by atomic mass is 10.0. The number of rotatable bonds is 12. The summed E-state index contributed by atoms with van der Waals surface area (Å²) in [5, 5.41) is 30.3. The van der Waals surface area contributed by atoms with Crippen LogP contribution in [-0.4, -0.2) is 59.2 Å². The second-order valence-electron chi connectivity index (χ2n) is 6.67. The maximum absolute atomic E-state index is 12.3. The number of aliphatic hydroxyl groups is 1. The number of hydrogen-bond acceptors (Lipinski definition) is 6. The fraction of sp³-hybridized carbons (Fsp3) is 0.500. The average Bonchev–Trinajstić information content (AvgIpc) is 2.69. The first kappa shape index (κ1) is 24.8. The van der Waals surface area contributed by atoms with Crippen LogP contribution >= 0.6 is 0 Å². The van der Waals surface area contributed by atoms with Crippen LogP contribution in [0.1, 0.15) is 25.3 Å². The van der Waals surface area contributed by atoms with Crippen molar-refractivity contribution >= 4 is 17.8 Å². The molecule has 1 aromatic rings. The highest BCUT2D eigenvalue weighted by Gasteiger charge is 2.27. The summed E-state index contributed by atoms with van der Waals surface area (Å²) in [7, 11) is 0. The molecule has 2 amide bonds. The molecule has 0 saturated carbocycles. The number of carbonyl (C=O) groups is 2. The predicted molar refractivity (Wildman–Crippen MR) is 111 cm³/mol. The summed E-state index contributed by atoms with van der Waals surface area (Å²) in [6.07, 6.45) is -0.362. The van der Waals surface area contributed by atoms with E-state index < -0.39 is 35.0 Å². The van der Waals surface area contributed by atoms with E-state index in [0.29, 0.717) is 19.4 Å². The number of amides is 2. The number of aliphatic hydroxyl groups excluding tert-OH is 1. The van der Waals surface area contributed by atoms with Gasteiger partial charge in [-0.2, -0.15) is 0 Å². The second kappa shape index (κ2) is 13.1. The van der Waals surface area contributed by atoms with Gasteiger partial charge in [-0.15, -0.1) is 0 Å². The van der Waals surface area contributed by atoms with Gasteiger partial charge in [-0.05, 0) is 31.7 Å². The van der Waals surface area contributed by atoms with Crippen molar-refractivity contribution in [1.82, 2.24) is 16.0 Å². The Morgan fingerprint density at radius 1 is 1.20 bits per heavy atom. The van der Waals surface area contributed by atoms with Gasteiger partial charge in [0, 0.05) is 13.1 Å². The third kappa shape index (κ3) is 9.80. The first-order valence-electron chi connectivity index (χ1n) is 9.48. The monoisotopic (exact) mass is 423 g/mol. The molecule has 12 heteroatoms. The first-order chi connectivity index (χ1) is 14.2. The smallest absolute Gasteiger partial charge is 0.266 e. The Kier molecular flexibility index (Phi) is 10.8. The standard InChI is InChI=1S/C18H29N7O5/c1-12(19)16(27)23-14(8-5-10-22-18(20)24-25(29)30)15(26)17(28)21-11-9-13-6-3-2-4-7-13/h2-4,6-7,12,14-15,26H,5,8-11,19H2,1H3,(H,21,28)(H,23,27)(H3,20,22,24)/t12-,14-,15?/m0/s1. The SMILES string of the molecule is C[C@H](N)C(=O)N[C@@H](CCCN/C(N)=N/[N+](=O)[O-])C(O)C(=O)NCCc1ccccc1. The van der Waals surface area contributed by atoms with Crippen molar-refractivity contribution in [3.63, 3.8) is 0 Å². The maximum atomic E-state index is 12.3. The molecule has 166 valence electrons. The van der Waals surface area contributed by atoms with Crippen molar-refractivity contribution in [2.24, 2.45) is 16.6 Å². The summed E-state index contributed by atoms with van der Waals surface area (Å²) < 4.78 is 0. The minimum absolute atomic E-state index is 0.191. The molecule has 0 spiro atoms. The van der Waals surface area contributed by atoms with Gasteiger partial charge in [0.15, 0.2) is 11.1 Å². The Morgan fingerprint density at radius 2 is 1.87 bits per heavy atom. The molecular weight excluding hydrogens is 394 g/mol. The molecule has 1 rings (SSSR count). The van der Waals surface area contributed by atoms with Crippen molar-refractivity contribution in [3.8, 4) is 0 Å². The lowest BCUT2D eigenvalue weighted by molar-refractivity contribution is -0.485. The number of carbonyl (C=O) groups excluding carboxylic acids is 2. The summed E-state index contributed by atoms with van der Waals surface area (Å²) in [5.74, 6) is -1.50. The topological polar surface area (TPSA) is 198 Å². The normalized spacial score (nSPS) is 14.3. The molecule has 1 unspecified atom stereocenters. The lowest BCUT2D eigenvalue weighted by Crippen LogP contribution is -2.53. The van der Waals surface area contributed by atoms with Crippen molar-refractivity contribution in [3.05, 3.63) is 46.0 Å². The van der Waals surface area contributed by atoms with Crippen LogP contribution in [0.3, 0.4) is 0 Å². The quantitative estimate of drug-likeness (QED) is 0.0760. The zero-order chi connectivity index (χ0) is 22.5. The van der Waals surface area contributed by atoms with Gasteiger partial charge in [-0.3, -0.25) is 9.59 Å². The molecule has 0 fully saturated rings. The van der Waals surface area contributed by atoms with Crippen LogP contribution in [0.15, 0.2) is 35.4 Å². The third-order valence-corrected chi connectivity index (χ3v) is 4.13. The summed E-state index contributed by atoms with van der Waals surface area (Å²) in [5.41, 5.74) is 11.9. The molecule has 0 aliphatic heterocycles. The van der Waals surface area contributed by atoms with Gasteiger partial charge in [0.2, 0.25) is 5.91 Å². The van der Waals surface area contributed by atoms with Gasteiger partial charge in [0.25, 0.3) is 11.9 Å². The molecule has 3 atom stereocenters. The van der Waals surface area contributed by atoms with E-state index in [1.54, 1.807) is 0 Å². The predicted octanol–water partition coefficient (Wildman–Crippen LogP) is -1.59. The van der Waals surface area contributed by atoms with E-state index in [1.807, 2.05) is 30.3 Å². The number of nitrogens with zero attached hydrogens (tertiary/aromatic N) is 2. The Morgan fingerprint density at radius 3 is 2.47 bits per heavy atom. The fourth-order valence-electron chi connectivity index (χ4n) is 2.55. The zero-order valence-corrected chi connectivity index (χ0v) is 16.8. The van der Waals surface area contributed by atoms with Crippen LogP contribution < -0.4 is 27.4 Å². The largest absolute Gasteiger partial charge is 0.381 e. The van der Waals surface area contributed by atoms with Crippen LogP contribution in [0.25, 0.3) is 0 Å². The Labute approximate surface area is 174 Å². The van der Waals surface area contributed by atoms with E-state index >= 15 is 0 Å². The number of nitro groups is 1. The van der Waals surface area contributed by atoms with E-state index in [1.165, 1.54) is 6.92 Å². The first-order valence-corrected chi connectivity index (χ1v) is 9.48. The molecule has 1 aromatic carbocycles.